The van der Waals surface area contributed by atoms with Gasteiger partial charge in [0.05, 0.1) is 0 Å². The Morgan fingerprint density at radius 1 is 1.11 bits per heavy atom. The summed E-state index contributed by atoms with van der Waals surface area (Å²) in [5, 5.41) is 0.560. The molecule has 0 fully saturated rings. The van der Waals surface area contributed by atoms with Crippen LogP contribution in [-0.2, 0) is 6.54 Å². The Bertz CT molecular complexity index is 704. The third-order valence-corrected chi connectivity index (χ3v) is 2.96. The zero-order valence-corrected chi connectivity index (χ0v) is 11.5. The molecule has 0 N–H and O–H groups in total. The maximum Gasteiger partial charge on any atom is 0.338 e. The minimum atomic E-state index is -0.624. The Balaban J connectivity index is 2.57. The molecule has 1 heterocycles. The van der Waals surface area contributed by atoms with Gasteiger partial charge in [-0.05, 0) is 12.1 Å². The fraction of sp³-hybridized carbons (Fsp3) is 0.154. The van der Waals surface area contributed by atoms with E-state index in [1.807, 2.05) is 0 Å². The number of halogens is 1. The highest BCUT2D eigenvalue weighted by Crippen LogP contribution is 1.99. The van der Waals surface area contributed by atoms with Gasteiger partial charge in [0.15, 0.2) is 0 Å². The van der Waals surface area contributed by atoms with E-state index in [9.17, 15) is 14.4 Å². The third-order valence-electron chi connectivity index (χ3n) is 2.60. The molecule has 0 saturated carbocycles. The first-order valence-electron chi connectivity index (χ1n) is 5.63. The number of aromatic nitrogens is 2. The van der Waals surface area contributed by atoms with Gasteiger partial charge < -0.3 is 0 Å². The highest BCUT2D eigenvalue weighted by molar-refractivity contribution is 9.09. The average molecular weight is 323 g/mol. The number of carbonyl (C=O) groups is 1. The monoisotopic (exact) mass is 322 g/mol. The van der Waals surface area contributed by atoms with E-state index in [2.05, 4.69) is 15.9 Å². The van der Waals surface area contributed by atoms with Crippen molar-refractivity contribution in [2.75, 3.05) is 5.33 Å². The predicted molar refractivity (Wildman–Crippen MR) is 74.9 cm³/mol. The SMILES string of the molecule is O=C(c1ccccc1)n1c(=O)ccn(CCBr)c1=O. The van der Waals surface area contributed by atoms with Crippen molar-refractivity contribution >= 4 is 21.8 Å². The molecule has 1 aromatic heterocycles. The summed E-state index contributed by atoms with van der Waals surface area (Å²) in [5.41, 5.74) is -0.941. The summed E-state index contributed by atoms with van der Waals surface area (Å²) in [7, 11) is 0. The first kappa shape index (κ1) is 13.5. The van der Waals surface area contributed by atoms with E-state index in [4.69, 9.17) is 0 Å². The maximum atomic E-state index is 12.2. The summed E-state index contributed by atoms with van der Waals surface area (Å²) in [5.74, 6) is -0.612. The lowest BCUT2D eigenvalue weighted by Gasteiger charge is -2.07. The molecular weight excluding hydrogens is 312 g/mol. The van der Waals surface area contributed by atoms with Crippen molar-refractivity contribution in [2.45, 2.75) is 6.54 Å². The minimum absolute atomic E-state index is 0.304. The molecule has 0 radical (unpaired) electrons. The van der Waals surface area contributed by atoms with Crippen LogP contribution < -0.4 is 11.2 Å². The molecule has 2 rings (SSSR count). The molecule has 0 amide bonds. The summed E-state index contributed by atoms with van der Waals surface area (Å²) in [6.45, 7) is 0.390. The highest BCUT2D eigenvalue weighted by Gasteiger charge is 2.14. The summed E-state index contributed by atoms with van der Waals surface area (Å²) in [6.07, 6.45) is 1.39. The lowest BCUT2D eigenvalue weighted by Crippen LogP contribution is -2.43. The molecule has 0 aliphatic rings. The van der Waals surface area contributed by atoms with Crippen LogP contribution in [0.2, 0.25) is 0 Å². The molecule has 19 heavy (non-hydrogen) atoms. The third kappa shape index (κ3) is 2.73. The van der Waals surface area contributed by atoms with Crippen molar-refractivity contribution < 1.29 is 4.79 Å². The lowest BCUT2D eigenvalue weighted by atomic mass is 10.2. The second kappa shape index (κ2) is 5.79. The molecule has 0 aliphatic heterocycles. The van der Waals surface area contributed by atoms with Gasteiger partial charge in [-0.25, -0.2) is 4.79 Å². The van der Waals surface area contributed by atoms with Gasteiger partial charge in [0, 0.05) is 29.7 Å². The number of aryl methyl sites for hydroxylation is 1. The molecular formula is C13H11BrN2O3. The van der Waals surface area contributed by atoms with Gasteiger partial charge in [0.1, 0.15) is 0 Å². The minimum Gasteiger partial charge on any atom is -0.299 e. The fourth-order valence-electron chi connectivity index (χ4n) is 1.67. The van der Waals surface area contributed by atoms with Gasteiger partial charge in [-0.1, -0.05) is 34.1 Å². The van der Waals surface area contributed by atoms with Crippen LogP contribution in [0.1, 0.15) is 10.4 Å². The van der Waals surface area contributed by atoms with Gasteiger partial charge >= 0.3 is 5.69 Å². The average Bonchev–Trinajstić information content (AvgIpc) is 2.43. The highest BCUT2D eigenvalue weighted by atomic mass is 79.9. The fourth-order valence-corrected chi connectivity index (χ4v) is 2.05. The molecule has 98 valence electrons. The normalized spacial score (nSPS) is 10.4. The number of alkyl halides is 1. The Labute approximate surface area is 117 Å². The Kier molecular flexibility index (Phi) is 4.11. The number of carbonyl (C=O) groups excluding carboxylic acids is 1. The molecule has 0 spiro atoms. The van der Waals surface area contributed by atoms with Gasteiger partial charge in [0.2, 0.25) is 0 Å². The van der Waals surface area contributed by atoms with Crippen molar-refractivity contribution in [3.05, 3.63) is 69.0 Å². The number of benzene rings is 1. The van der Waals surface area contributed by atoms with E-state index in [0.717, 1.165) is 0 Å². The van der Waals surface area contributed by atoms with Crippen LogP contribution in [0, 0.1) is 0 Å². The summed E-state index contributed by atoms with van der Waals surface area (Å²) in [4.78, 5) is 36.0. The zero-order chi connectivity index (χ0) is 13.8. The van der Waals surface area contributed by atoms with Crippen LogP contribution in [0.3, 0.4) is 0 Å². The van der Waals surface area contributed by atoms with Crippen molar-refractivity contribution in [1.82, 2.24) is 9.13 Å². The van der Waals surface area contributed by atoms with E-state index in [1.165, 1.54) is 16.8 Å². The molecule has 6 heteroatoms. The first-order chi connectivity index (χ1) is 9.15. The second-order valence-electron chi connectivity index (χ2n) is 3.83. The molecule has 0 unspecified atom stereocenters. The molecule has 0 aliphatic carbocycles. The maximum absolute atomic E-state index is 12.2. The smallest absolute Gasteiger partial charge is 0.299 e. The zero-order valence-electron chi connectivity index (χ0n) is 9.95. The Morgan fingerprint density at radius 3 is 2.42 bits per heavy atom. The van der Waals surface area contributed by atoms with Crippen LogP contribution >= 0.6 is 15.9 Å². The molecule has 5 nitrogen and oxygen atoms in total. The topological polar surface area (TPSA) is 61.1 Å². The van der Waals surface area contributed by atoms with Crippen molar-refractivity contribution in [3.63, 3.8) is 0 Å². The van der Waals surface area contributed by atoms with E-state index < -0.39 is 17.2 Å². The number of nitrogens with zero attached hydrogens (tertiary/aromatic N) is 2. The van der Waals surface area contributed by atoms with Gasteiger partial charge in [-0.3, -0.25) is 14.2 Å². The van der Waals surface area contributed by atoms with E-state index in [1.54, 1.807) is 30.3 Å². The standard InChI is InChI=1S/C13H11BrN2O3/c14-7-9-15-8-6-11(17)16(13(15)19)12(18)10-4-2-1-3-5-10/h1-6,8H,7,9H2. The van der Waals surface area contributed by atoms with Gasteiger partial charge in [-0.2, -0.15) is 4.57 Å². The van der Waals surface area contributed by atoms with E-state index in [-0.39, 0.29) is 0 Å². The molecule has 1 aromatic carbocycles. The Morgan fingerprint density at radius 2 is 1.79 bits per heavy atom. The van der Waals surface area contributed by atoms with Crippen molar-refractivity contribution in [3.8, 4) is 0 Å². The summed E-state index contributed by atoms with van der Waals surface area (Å²) >= 11 is 3.21. The second-order valence-corrected chi connectivity index (χ2v) is 4.62. The van der Waals surface area contributed by atoms with Crippen LogP contribution in [0.5, 0.6) is 0 Å². The molecule has 2 aromatic rings. The first-order valence-corrected chi connectivity index (χ1v) is 6.75. The van der Waals surface area contributed by atoms with Crippen LogP contribution in [-0.4, -0.2) is 20.4 Å². The Hall–Kier alpha value is -1.95. The number of hydrogen-bond acceptors (Lipinski definition) is 3. The summed E-state index contributed by atoms with van der Waals surface area (Å²) in [6, 6.07) is 9.46. The van der Waals surface area contributed by atoms with E-state index in [0.29, 0.717) is 22.0 Å². The molecule has 0 saturated heterocycles. The number of rotatable bonds is 3. The molecule has 0 atom stereocenters. The van der Waals surface area contributed by atoms with Crippen LogP contribution in [0.4, 0.5) is 0 Å². The lowest BCUT2D eigenvalue weighted by molar-refractivity contribution is 0.0948. The predicted octanol–water partition coefficient (Wildman–Crippen LogP) is 1.09. The van der Waals surface area contributed by atoms with Crippen LogP contribution in [0.25, 0.3) is 0 Å². The van der Waals surface area contributed by atoms with Gasteiger partial charge in [-0.15, -0.1) is 0 Å². The van der Waals surface area contributed by atoms with Crippen LogP contribution in [0.15, 0.2) is 52.2 Å². The quantitative estimate of drug-likeness (QED) is 0.795. The molecule has 0 bridgehead atoms. The van der Waals surface area contributed by atoms with Gasteiger partial charge in [0.25, 0.3) is 11.5 Å². The summed E-state index contributed by atoms with van der Waals surface area (Å²) < 4.78 is 1.97. The van der Waals surface area contributed by atoms with Crippen molar-refractivity contribution in [2.24, 2.45) is 0 Å². The van der Waals surface area contributed by atoms with E-state index >= 15 is 0 Å². The number of hydrogen-bond donors (Lipinski definition) is 0. The largest absolute Gasteiger partial charge is 0.338 e. The van der Waals surface area contributed by atoms with Crippen molar-refractivity contribution in [1.29, 1.82) is 0 Å².